The first-order valence-corrected chi connectivity index (χ1v) is 12.9. The molecule has 0 aliphatic heterocycles. The van der Waals surface area contributed by atoms with Crippen molar-refractivity contribution < 1.29 is 9.59 Å². The summed E-state index contributed by atoms with van der Waals surface area (Å²) in [4.78, 5) is 24.7. The standard InChI is InChI=1S/C25H36N4O2.2C2H6.CH4/c1-8-19(4)29-23(15-22(28-29)25(5,6)7)27-24(31)11-9-10-21(30)16-26-20-13-12-17(2)18(3)14-20;2*1-2;/h8,12-15,26H,9-11,16H2,1-7H3,(H,27,31);2*1-2H3;1H4/b19-8+;;;. The third-order valence-electron chi connectivity index (χ3n) is 5.35. The zero-order valence-corrected chi connectivity index (χ0v) is 23.9. The Morgan fingerprint density at radius 1 is 1.00 bits per heavy atom. The Hall–Kier alpha value is -2.89. The fraction of sp³-hybridized carbons (Fsp3) is 0.567. The molecule has 36 heavy (non-hydrogen) atoms. The number of nitrogens with zero attached hydrogens (tertiary/aromatic N) is 2. The van der Waals surface area contributed by atoms with Gasteiger partial charge in [0.1, 0.15) is 5.82 Å². The average molecular weight is 501 g/mol. The third-order valence-corrected chi connectivity index (χ3v) is 5.35. The molecule has 0 unspecified atom stereocenters. The second-order valence-corrected chi connectivity index (χ2v) is 9.10. The van der Waals surface area contributed by atoms with Crippen molar-refractivity contribution in [2.75, 3.05) is 17.2 Å². The van der Waals surface area contributed by atoms with Crippen LogP contribution >= 0.6 is 0 Å². The number of allylic oxidation sites excluding steroid dienone is 2. The summed E-state index contributed by atoms with van der Waals surface area (Å²) in [6.45, 7) is 22.6. The first-order chi connectivity index (χ1) is 16.5. The van der Waals surface area contributed by atoms with E-state index in [2.05, 4.69) is 50.4 Å². The Morgan fingerprint density at radius 2 is 1.61 bits per heavy atom. The molecule has 6 nitrogen and oxygen atoms in total. The van der Waals surface area contributed by atoms with E-state index in [0.29, 0.717) is 25.1 Å². The summed E-state index contributed by atoms with van der Waals surface area (Å²) in [5.74, 6) is 0.643. The predicted molar refractivity (Wildman–Crippen MR) is 158 cm³/mol. The molecule has 0 spiro atoms. The number of aryl methyl sites for hydroxylation is 2. The van der Waals surface area contributed by atoms with Crippen LogP contribution in [0, 0.1) is 13.8 Å². The second kappa shape index (κ2) is 17.5. The van der Waals surface area contributed by atoms with Crippen LogP contribution in [-0.4, -0.2) is 28.0 Å². The second-order valence-electron chi connectivity index (χ2n) is 9.10. The van der Waals surface area contributed by atoms with Gasteiger partial charge in [-0.05, 0) is 57.4 Å². The minimum atomic E-state index is -0.117. The molecule has 6 heteroatoms. The summed E-state index contributed by atoms with van der Waals surface area (Å²) in [6.07, 6.45) is 3.13. The van der Waals surface area contributed by atoms with Crippen LogP contribution in [0.4, 0.5) is 11.5 Å². The van der Waals surface area contributed by atoms with E-state index in [1.807, 2.05) is 71.9 Å². The van der Waals surface area contributed by atoms with Crippen LogP contribution in [-0.2, 0) is 15.0 Å². The van der Waals surface area contributed by atoms with Crippen molar-refractivity contribution in [3.05, 3.63) is 47.2 Å². The van der Waals surface area contributed by atoms with E-state index in [-0.39, 0.29) is 31.1 Å². The molecule has 204 valence electrons. The lowest BCUT2D eigenvalue weighted by Crippen LogP contribution is -2.17. The summed E-state index contributed by atoms with van der Waals surface area (Å²) in [7, 11) is 0. The minimum absolute atomic E-state index is 0. The SMILES string of the molecule is C.C/C=C(\C)n1nc(C(C)(C)C)cc1NC(=O)CCCC(=O)CNc1ccc(C)c(C)c1.CC.CC. The number of amides is 1. The molecule has 0 bridgehead atoms. The zero-order chi connectivity index (χ0) is 27.2. The van der Waals surface area contributed by atoms with Crippen molar-refractivity contribution in [3.8, 4) is 0 Å². The highest BCUT2D eigenvalue weighted by Crippen LogP contribution is 2.26. The Bertz CT molecular complexity index is 966. The van der Waals surface area contributed by atoms with Crippen LogP contribution in [0.25, 0.3) is 5.70 Å². The van der Waals surface area contributed by atoms with Gasteiger partial charge < -0.3 is 10.6 Å². The van der Waals surface area contributed by atoms with Gasteiger partial charge in [0, 0.05) is 35.7 Å². The van der Waals surface area contributed by atoms with Gasteiger partial charge in [-0.15, -0.1) is 0 Å². The zero-order valence-electron chi connectivity index (χ0n) is 23.9. The molecule has 1 amide bonds. The molecule has 0 radical (unpaired) electrons. The number of carbonyl (C=O) groups excluding carboxylic acids is 2. The molecule has 1 aromatic carbocycles. The number of Topliss-reactive ketones (excluding diaryl/α,β-unsaturated/α-hetero) is 1. The first-order valence-electron chi connectivity index (χ1n) is 12.9. The molecule has 0 atom stereocenters. The number of nitrogens with one attached hydrogen (secondary N) is 2. The summed E-state index contributed by atoms with van der Waals surface area (Å²) in [5.41, 5.74) is 5.10. The highest BCUT2D eigenvalue weighted by molar-refractivity contribution is 5.91. The summed E-state index contributed by atoms with van der Waals surface area (Å²) in [6, 6.07) is 7.98. The molecule has 2 N–H and O–H groups in total. The van der Waals surface area contributed by atoms with Gasteiger partial charge in [0.15, 0.2) is 5.78 Å². The Labute approximate surface area is 221 Å². The number of aromatic nitrogens is 2. The van der Waals surface area contributed by atoms with E-state index in [1.54, 1.807) is 4.68 Å². The van der Waals surface area contributed by atoms with Gasteiger partial charge in [-0.25, -0.2) is 4.68 Å². The van der Waals surface area contributed by atoms with Gasteiger partial charge in [-0.1, -0.05) is 68.0 Å². The van der Waals surface area contributed by atoms with Crippen molar-refractivity contribution in [2.45, 2.75) is 108 Å². The van der Waals surface area contributed by atoms with Crippen LogP contribution in [0.3, 0.4) is 0 Å². The number of hydrogen-bond acceptors (Lipinski definition) is 4. The quantitative estimate of drug-likeness (QED) is 0.364. The Balaban J connectivity index is 0. The van der Waals surface area contributed by atoms with Crippen molar-refractivity contribution >= 4 is 28.9 Å². The molecule has 0 aliphatic rings. The molecule has 1 aromatic heterocycles. The molecular weight excluding hydrogens is 448 g/mol. The van der Waals surface area contributed by atoms with Crippen LogP contribution in [0.15, 0.2) is 30.3 Å². The van der Waals surface area contributed by atoms with Gasteiger partial charge in [-0.3, -0.25) is 9.59 Å². The minimum Gasteiger partial charge on any atom is -0.378 e. The number of benzene rings is 1. The molecule has 0 saturated heterocycles. The average Bonchev–Trinajstić information content (AvgIpc) is 3.26. The maximum Gasteiger partial charge on any atom is 0.225 e. The molecule has 1 heterocycles. The summed E-state index contributed by atoms with van der Waals surface area (Å²) >= 11 is 0. The highest BCUT2D eigenvalue weighted by Gasteiger charge is 2.21. The van der Waals surface area contributed by atoms with E-state index < -0.39 is 0 Å². The lowest BCUT2D eigenvalue weighted by Gasteiger charge is -2.14. The Kier molecular flexibility index (Phi) is 17.2. The molecule has 0 aliphatic carbocycles. The third kappa shape index (κ3) is 11.7. The lowest BCUT2D eigenvalue weighted by atomic mass is 9.92. The van der Waals surface area contributed by atoms with Gasteiger partial charge in [0.05, 0.1) is 12.2 Å². The highest BCUT2D eigenvalue weighted by atomic mass is 16.1. The van der Waals surface area contributed by atoms with E-state index >= 15 is 0 Å². The lowest BCUT2D eigenvalue weighted by molar-refractivity contribution is -0.118. The van der Waals surface area contributed by atoms with Crippen molar-refractivity contribution in [1.82, 2.24) is 9.78 Å². The maximum atomic E-state index is 12.5. The van der Waals surface area contributed by atoms with Crippen LogP contribution < -0.4 is 10.6 Å². The summed E-state index contributed by atoms with van der Waals surface area (Å²) < 4.78 is 1.76. The number of anilines is 2. The van der Waals surface area contributed by atoms with Gasteiger partial charge in [0.2, 0.25) is 5.91 Å². The number of hydrogen-bond donors (Lipinski definition) is 2. The van der Waals surface area contributed by atoms with E-state index in [9.17, 15) is 9.59 Å². The number of ketones is 1. The fourth-order valence-electron chi connectivity index (χ4n) is 3.02. The largest absolute Gasteiger partial charge is 0.378 e. The van der Waals surface area contributed by atoms with Gasteiger partial charge in [0.25, 0.3) is 0 Å². The molecule has 0 fully saturated rings. The fourth-order valence-corrected chi connectivity index (χ4v) is 3.02. The Morgan fingerprint density at radius 3 is 2.14 bits per heavy atom. The maximum absolute atomic E-state index is 12.5. The topological polar surface area (TPSA) is 76.0 Å². The summed E-state index contributed by atoms with van der Waals surface area (Å²) in [5, 5.41) is 10.8. The predicted octanol–water partition coefficient (Wildman–Crippen LogP) is 8.16. The van der Waals surface area contributed by atoms with Gasteiger partial charge in [-0.2, -0.15) is 5.10 Å². The molecule has 0 saturated carbocycles. The van der Waals surface area contributed by atoms with Crippen molar-refractivity contribution in [2.24, 2.45) is 0 Å². The van der Waals surface area contributed by atoms with E-state index in [4.69, 9.17) is 0 Å². The van der Waals surface area contributed by atoms with Crippen molar-refractivity contribution in [1.29, 1.82) is 0 Å². The van der Waals surface area contributed by atoms with Crippen LogP contribution in [0.5, 0.6) is 0 Å². The van der Waals surface area contributed by atoms with Crippen LogP contribution in [0.1, 0.15) is 106 Å². The van der Waals surface area contributed by atoms with E-state index in [0.717, 1.165) is 17.1 Å². The smallest absolute Gasteiger partial charge is 0.225 e. The molecule has 2 rings (SSSR count). The van der Waals surface area contributed by atoms with Crippen LogP contribution in [0.2, 0.25) is 0 Å². The first kappa shape index (κ1) is 35.3. The van der Waals surface area contributed by atoms with Crippen molar-refractivity contribution in [3.63, 3.8) is 0 Å². The normalized spacial score (nSPS) is 10.7. The van der Waals surface area contributed by atoms with Gasteiger partial charge >= 0.3 is 0 Å². The molecule has 2 aromatic rings. The van der Waals surface area contributed by atoms with E-state index in [1.165, 1.54) is 11.1 Å². The number of carbonyl (C=O) groups is 2. The monoisotopic (exact) mass is 500 g/mol. The molecular formula is C30H52N4O2. The number of rotatable bonds is 9.